The fourth-order valence-electron chi connectivity index (χ4n) is 1.94. The molecule has 0 aromatic rings. The van der Waals surface area contributed by atoms with Crippen molar-refractivity contribution in [3.8, 4) is 0 Å². The molecule has 2 atom stereocenters. The Bertz CT molecular complexity index is 131. The number of rotatable bonds is 0. The van der Waals surface area contributed by atoms with Crippen LogP contribution in [0.4, 0.5) is 0 Å². The molecule has 0 bridgehead atoms. The van der Waals surface area contributed by atoms with Crippen LogP contribution in [0.1, 0.15) is 32.1 Å². The maximum absolute atomic E-state index is 9.42. The average Bonchev–Trinajstić information content (AvgIpc) is 2.64. The Morgan fingerprint density at radius 2 is 2.20 bits per heavy atom. The quantitative estimate of drug-likeness (QED) is 0.486. The molecule has 2 rings (SSSR count). The van der Waals surface area contributed by atoms with E-state index in [4.69, 9.17) is 0 Å². The first-order valence-corrected chi connectivity index (χ1v) is 4.24. The van der Waals surface area contributed by atoms with Gasteiger partial charge in [-0.1, -0.05) is 12.8 Å². The van der Waals surface area contributed by atoms with Crippen LogP contribution >= 0.6 is 0 Å². The van der Waals surface area contributed by atoms with Gasteiger partial charge in [0.15, 0.2) is 0 Å². The molecule has 1 saturated heterocycles. The normalized spacial score (nSPS) is 47.1. The zero-order chi connectivity index (χ0) is 7.03. The van der Waals surface area contributed by atoms with Gasteiger partial charge in [0.25, 0.3) is 0 Å². The van der Waals surface area contributed by atoms with Crippen LogP contribution in [0.25, 0.3) is 0 Å². The van der Waals surface area contributed by atoms with Crippen molar-refractivity contribution in [1.82, 2.24) is 5.32 Å². The molecule has 0 radical (unpaired) electrons. The van der Waals surface area contributed by atoms with Gasteiger partial charge in [0, 0.05) is 12.1 Å². The molecule has 10 heavy (non-hydrogen) atoms. The van der Waals surface area contributed by atoms with Crippen molar-refractivity contribution in [2.24, 2.45) is 0 Å². The zero-order valence-electron chi connectivity index (χ0n) is 6.27. The molecule has 1 spiro atoms. The molecule has 2 unspecified atom stereocenters. The molecular formula is C8H15NO. The minimum atomic E-state index is -0.0301. The lowest BCUT2D eigenvalue weighted by atomic mass is 10.00. The largest absolute Gasteiger partial charge is 0.393 e. The smallest absolute Gasteiger partial charge is 0.0558 e. The number of aliphatic hydroxyl groups excluding tert-OH is 1. The van der Waals surface area contributed by atoms with Crippen LogP contribution in [-0.2, 0) is 0 Å². The minimum Gasteiger partial charge on any atom is -0.393 e. The lowest BCUT2D eigenvalue weighted by Crippen LogP contribution is -2.20. The van der Waals surface area contributed by atoms with Crippen LogP contribution in [0, 0.1) is 0 Å². The molecule has 0 aromatic carbocycles. The van der Waals surface area contributed by atoms with Gasteiger partial charge in [0.05, 0.1) is 6.10 Å². The second kappa shape index (κ2) is 2.21. The summed E-state index contributed by atoms with van der Waals surface area (Å²) in [5, 5.41) is 12.8. The summed E-state index contributed by atoms with van der Waals surface area (Å²) in [5.41, 5.74) is 0.385. The Hall–Kier alpha value is -0.0800. The van der Waals surface area contributed by atoms with Crippen molar-refractivity contribution < 1.29 is 5.11 Å². The van der Waals surface area contributed by atoms with Gasteiger partial charge in [0.2, 0.25) is 0 Å². The molecule has 0 amide bonds. The summed E-state index contributed by atoms with van der Waals surface area (Å²) in [6, 6.07) is 0. The zero-order valence-corrected chi connectivity index (χ0v) is 6.27. The molecule has 2 N–H and O–H groups in total. The predicted molar refractivity (Wildman–Crippen MR) is 39.8 cm³/mol. The highest BCUT2D eigenvalue weighted by Crippen LogP contribution is 2.33. The Balaban J connectivity index is 1.96. The first kappa shape index (κ1) is 6.62. The van der Waals surface area contributed by atoms with E-state index in [1.807, 2.05) is 0 Å². The maximum Gasteiger partial charge on any atom is 0.0558 e. The molecule has 58 valence electrons. The summed E-state index contributed by atoms with van der Waals surface area (Å²) in [7, 11) is 0. The number of hydrogen-bond donors (Lipinski definition) is 2. The van der Waals surface area contributed by atoms with Crippen molar-refractivity contribution >= 4 is 0 Å². The van der Waals surface area contributed by atoms with Crippen molar-refractivity contribution in [2.75, 3.05) is 6.54 Å². The van der Waals surface area contributed by atoms with Gasteiger partial charge in [-0.05, 0) is 19.3 Å². The van der Waals surface area contributed by atoms with Crippen molar-refractivity contribution in [1.29, 1.82) is 0 Å². The van der Waals surface area contributed by atoms with Gasteiger partial charge in [-0.2, -0.15) is 0 Å². The predicted octanol–water partition coefficient (Wildman–Crippen LogP) is 0.653. The fraction of sp³-hybridized carbons (Fsp3) is 1.00. The minimum absolute atomic E-state index is 0.0301. The average molecular weight is 141 g/mol. The number of aliphatic hydroxyl groups is 1. The highest BCUT2D eigenvalue weighted by Gasteiger charge is 2.43. The highest BCUT2D eigenvalue weighted by molar-refractivity contribution is 5.05. The standard InChI is InChI=1S/C8H15NO/c10-7-3-1-2-4-8(5-7)6-9-8/h7,9-10H,1-6H2. The van der Waals surface area contributed by atoms with E-state index in [1.165, 1.54) is 19.3 Å². The second-order valence-corrected chi connectivity index (χ2v) is 3.74. The molecule has 0 aromatic heterocycles. The van der Waals surface area contributed by atoms with E-state index in [2.05, 4.69) is 5.32 Å². The Morgan fingerprint density at radius 3 is 2.90 bits per heavy atom. The SMILES string of the molecule is OC1CCCCC2(CN2)C1. The Kier molecular flexibility index (Phi) is 1.46. The molecular weight excluding hydrogens is 126 g/mol. The Labute approximate surface area is 61.6 Å². The van der Waals surface area contributed by atoms with Crippen LogP contribution < -0.4 is 5.32 Å². The molecule has 2 heteroatoms. The Morgan fingerprint density at radius 1 is 1.40 bits per heavy atom. The molecule has 2 aliphatic rings. The van der Waals surface area contributed by atoms with Gasteiger partial charge in [-0.15, -0.1) is 0 Å². The molecule has 2 nitrogen and oxygen atoms in total. The van der Waals surface area contributed by atoms with Crippen molar-refractivity contribution in [3.63, 3.8) is 0 Å². The third-order valence-electron chi connectivity index (χ3n) is 2.75. The molecule has 1 aliphatic heterocycles. The van der Waals surface area contributed by atoms with Crippen LogP contribution in [0.3, 0.4) is 0 Å². The second-order valence-electron chi connectivity index (χ2n) is 3.74. The summed E-state index contributed by atoms with van der Waals surface area (Å²) >= 11 is 0. The first-order chi connectivity index (χ1) is 4.81. The van der Waals surface area contributed by atoms with Gasteiger partial charge in [-0.3, -0.25) is 0 Å². The first-order valence-electron chi connectivity index (χ1n) is 4.24. The topological polar surface area (TPSA) is 42.2 Å². The summed E-state index contributed by atoms with van der Waals surface area (Å²) in [4.78, 5) is 0. The number of hydrogen-bond acceptors (Lipinski definition) is 2. The fourth-order valence-corrected chi connectivity index (χ4v) is 1.94. The van der Waals surface area contributed by atoms with E-state index in [0.29, 0.717) is 5.54 Å². The van der Waals surface area contributed by atoms with Crippen LogP contribution in [0.5, 0.6) is 0 Å². The summed E-state index contributed by atoms with van der Waals surface area (Å²) in [6.45, 7) is 1.14. The van der Waals surface area contributed by atoms with E-state index >= 15 is 0 Å². The monoisotopic (exact) mass is 141 g/mol. The highest BCUT2D eigenvalue weighted by atomic mass is 16.3. The lowest BCUT2D eigenvalue weighted by Gasteiger charge is -2.11. The number of nitrogens with one attached hydrogen (secondary N) is 1. The summed E-state index contributed by atoms with van der Waals surface area (Å²) in [5.74, 6) is 0. The van der Waals surface area contributed by atoms with E-state index in [9.17, 15) is 5.11 Å². The van der Waals surface area contributed by atoms with Crippen molar-refractivity contribution in [2.45, 2.75) is 43.7 Å². The van der Waals surface area contributed by atoms with E-state index in [-0.39, 0.29) is 6.10 Å². The van der Waals surface area contributed by atoms with Gasteiger partial charge < -0.3 is 10.4 Å². The summed E-state index contributed by atoms with van der Waals surface area (Å²) in [6.07, 6.45) is 5.77. The van der Waals surface area contributed by atoms with Crippen LogP contribution in [0.2, 0.25) is 0 Å². The van der Waals surface area contributed by atoms with Crippen LogP contribution in [-0.4, -0.2) is 23.3 Å². The third kappa shape index (κ3) is 1.18. The van der Waals surface area contributed by atoms with E-state index in [1.54, 1.807) is 0 Å². The lowest BCUT2D eigenvalue weighted by molar-refractivity contribution is 0.148. The molecule has 2 fully saturated rings. The molecule has 1 saturated carbocycles. The summed E-state index contributed by atoms with van der Waals surface area (Å²) < 4.78 is 0. The van der Waals surface area contributed by atoms with Gasteiger partial charge in [-0.25, -0.2) is 0 Å². The molecule has 1 heterocycles. The van der Waals surface area contributed by atoms with Gasteiger partial charge in [0.1, 0.15) is 0 Å². The maximum atomic E-state index is 9.42. The van der Waals surface area contributed by atoms with E-state index in [0.717, 1.165) is 19.4 Å². The van der Waals surface area contributed by atoms with Gasteiger partial charge >= 0.3 is 0 Å². The van der Waals surface area contributed by atoms with Crippen LogP contribution in [0.15, 0.2) is 0 Å². The van der Waals surface area contributed by atoms with Crippen molar-refractivity contribution in [3.05, 3.63) is 0 Å². The molecule has 1 aliphatic carbocycles. The third-order valence-corrected chi connectivity index (χ3v) is 2.75. The van der Waals surface area contributed by atoms with E-state index < -0.39 is 0 Å².